The molecule has 0 saturated heterocycles. The SMILES string of the molecule is CCCOc1ncnc(Nc2ccc(F)cc2I)c1N. The molecule has 2 aromatic rings. The lowest BCUT2D eigenvalue weighted by atomic mass is 10.3. The van der Waals surface area contributed by atoms with Crippen molar-refractivity contribution in [3.8, 4) is 5.88 Å². The average Bonchev–Trinajstić information content (AvgIpc) is 2.42. The van der Waals surface area contributed by atoms with E-state index in [4.69, 9.17) is 10.5 Å². The maximum absolute atomic E-state index is 13.1. The smallest absolute Gasteiger partial charge is 0.242 e. The highest BCUT2D eigenvalue weighted by Crippen LogP contribution is 2.29. The molecular weight excluding hydrogens is 374 g/mol. The summed E-state index contributed by atoms with van der Waals surface area (Å²) in [5, 5.41) is 3.05. The van der Waals surface area contributed by atoms with Crippen LogP contribution in [0.4, 0.5) is 21.6 Å². The molecule has 0 fully saturated rings. The Labute approximate surface area is 129 Å². The van der Waals surface area contributed by atoms with Gasteiger partial charge in [0.15, 0.2) is 5.82 Å². The lowest BCUT2D eigenvalue weighted by Crippen LogP contribution is -2.06. The molecule has 0 aliphatic rings. The molecule has 0 aliphatic heterocycles. The van der Waals surface area contributed by atoms with E-state index in [-0.39, 0.29) is 5.82 Å². The monoisotopic (exact) mass is 388 g/mol. The first-order chi connectivity index (χ1) is 9.61. The zero-order chi connectivity index (χ0) is 14.5. The van der Waals surface area contributed by atoms with E-state index in [2.05, 4.69) is 15.3 Å². The molecule has 1 heterocycles. The van der Waals surface area contributed by atoms with Crippen molar-refractivity contribution >= 4 is 39.8 Å². The molecule has 0 unspecified atom stereocenters. The largest absolute Gasteiger partial charge is 0.476 e. The summed E-state index contributed by atoms with van der Waals surface area (Å²) in [6.07, 6.45) is 2.24. The second-order valence-corrected chi connectivity index (χ2v) is 5.20. The molecule has 0 spiro atoms. The van der Waals surface area contributed by atoms with Crippen LogP contribution in [0.25, 0.3) is 0 Å². The molecule has 0 aliphatic carbocycles. The first kappa shape index (κ1) is 14.8. The summed E-state index contributed by atoms with van der Waals surface area (Å²) >= 11 is 2.04. The summed E-state index contributed by atoms with van der Waals surface area (Å²) in [5.41, 5.74) is 7.02. The van der Waals surface area contributed by atoms with E-state index in [1.807, 2.05) is 29.5 Å². The Morgan fingerprint density at radius 1 is 1.40 bits per heavy atom. The van der Waals surface area contributed by atoms with Crippen LogP contribution >= 0.6 is 22.6 Å². The third-order valence-electron chi connectivity index (χ3n) is 2.47. The number of nitrogens with two attached hydrogens (primary N) is 1. The number of hydrogen-bond acceptors (Lipinski definition) is 5. The van der Waals surface area contributed by atoms with Crippen molar-refractivity contribution in [3.05, 3.63) is 33.9 Å². The minimum absolute atomic E-state index is 0.289. The Morgan fingerprint density at radius 2 is 2.20 bits per heavy atom. The van der Waals surface area contributed by atoms with Gasteiger partial charge in [0.2, 0.25) is 5.88 Å². The van der Waals surface area contributed by atoms with Crippen LogP contribution in [0.15, 0.2) is 24.5 Å². The molecule has 106 valence electrons. The fourth-order valence-electron chi connectivity index (χ4n) is 1.51. The van der Waals surface area contributed by atoms with Crippen molar-refractivity contribution < 1.29 is 9.13 Å². The van der Waals surface area contributed by atoms with E-state index < -0.39 is 0 Å². The molecular formula is C13H14FIN4O. The Morgan fingerprint density at radius 3 is 2.90 bits per heavy atom. The molecule has 0 bridgehead atoms. The molecule has 2 rings (SSSR count). The van der Waals surface area contributed by atoms with Gasteiger partial charge in [0.1, 0.15) is 17.8 Å². The van der Waals surface area contributed by atoms with Crippen LogP contribution in [0.3, 0.4) is 0 Å². The van der Waals surface area contributed by atoms with Crippen LogP contribution in [-0.4, -0.2) is 16.6 Å². The fraction of sp³-hybridized carbons (Fsp3) is 0.231. The van der Waals surface area contributed by atoms with E-state index in [1.165, 1.54) is 18.5 Å². The van der Waals surface area contributed by atoms with Crippen LogP contribution in [-0.2, 0) is 0 Å². The second-order valence-electron chi connectivity index (χ2n) is 4.04. The van der Waals surface area contributed by atoms with Gasteiger partial charge in [-0.05, 0) is 47.2 Å². The van der Waals surface area contributed by atoms with Gasteiger partial charge in [-0.15, -0.1) is 0 Å². The number of nitrogen functional groups attached to an aromatic ring is 1. The third-order valence-corrected chi connectivity index (χ3v) is 3.37. The Balaban J connectivity index is 2.24. The Hall–Kier alpha value is -1.64. The average molecular weight is 388 g/mol. The lowest BCUT2D eigenvalue weighted by Gasteiger charge is -2.12. The predicted octanol–water partition coefficient (Wildman–Crippen LogP) is 3.33. The summed E-state index contributed by atoms with van der Waals surface area (Å²) in [5.74, 6) is 0.500. The van der Waals surface area contributed by atoms with E-state index >= 15 is 0 Å². The molecule has 5 nitrogen and oxygen atoms in total. The molecule has 3 N–H and O–H groups in total. The maximum atomic E-state index is 13.1. The number of halogens is 2. The summed E-state index contributed by atoms with van der Waals surface area (Å²) in [7, 11) is 0. The minimum atomic E-state index is -0.289. The van der Waals surface area contributed by atoms with Crippen molar-refractivity contribution in [1.82, 2.24) is 9.97 Å². The summed E-state index contributed by atoms with van der Waals surface area (Å²) < 4.78 is 19.2. The highest BCUT2D eigenvalue weighted by atomic mass is 127. The number of rotatable bonds is 5. The number of aromatic nitrogens is 2. The quantitative estimate of drug-likeness (QED) is 0.769. The second kappa shape index (κ2) is 6.69. The van der Waals surface area contributed by atoms with Gasteiger partial charge in [-0.2, -0.15) is 4.98 Å². The van der Waals surface area contributed by atoms with Gasteiger partial charge < -0.3 is 15.8 Å². The first-order valence-electron chi connectivity index (χ1n) is 6.07. The predicted molar refractivity (Wildman–Crippen MR) is 84.6 cm³/mol. The molecule has 0 amide bonds. The van der Waals surface area contributed by atoms with Crippen LogP contribution in [0.1, 0.15) is 13.3 Å². The Kier molecular flexibility index (Phi) is 4.94. The molecule has 0 radical (unpaired) electrons. The van der Waals surface area contributed by atoms with E-state index in [1.54, 1.807) is 6.07 Å². The lowest BCUT2D eigenvalue weighted by molar-refractivity contribution is 0.307. The van der Waals surface area contributed by atoms with Crippen molar-refractivity contribution in [2.24, 2.45) is 0 Å². The van der Waals surface area contributed by atoms with E-state index in [0.717, 1.165) is 15.7 Å². The van der Waals surface area contributed by atoms with Gasteiger partial charge in [-0.3, -0.25) is 0 Å². The standard InChI is InChI=1S/C13H14FIN4O/c1-2-5-20-13-11(16)12(17-7-18-13)19-10-4-3-8(14)6-9(10)15/h3-4,6-7H,2,5,16H2,1H3,(H,17,18,19). The highest BCUT2D eigenvalue weighted by molar-refractivity contribution is 14.1. The normalized spacial score (nSPS) is 10.3. The number of hydrogen-bond donors (Lipinski definition) is 2. The topological polar surface area (TPSA) is 73.1 Å². The van der Waals surface area contributed by atoms with Crippen molar-refractivity contribution in [3.63, 3.8) is 0 Å². The van der Waals surface area contributed by atoms with Gasteiger partial charge in [-0.25, -0.2) is 9.37 Å². The first-order valence-corrected chi connectivity index (χ1v) is 7.15. The van der Waals surface area contributed by atoms with Gasteiger partial charge >= 0.3 is 0 Å². The number of nitrogens with zero attached hydrogens (tertiary/aromatic N) is 2. The summed E-state index contributed by atoms with van der Waals surface area (Å²) in [6.45, 7) is 2.53. The Bertz CT molecular complexity index is 609. The zero-order valence-electron chi connectivity index (χ0n) is 10.9. The van der Waals surface area contributed by atoms with Gasteiger partial charge in [0.25, 0.3) is 0 Å². The molecule has 0 saturated carbocycles. The highest BCUT2D eigenvalue weighted by Gasteiger charge is 2.11. The van der Waals surface area contributed by atoms with Crippen LogP contribution in [0.5, 0.6) is 5.88 Å². The van der Waals surface area contributed by atoms with Gasteiger partial charge in [0, 0.05) is 3.57 Å². The molecule has 0 atom stereocenters. The number of benzene rings is 1. The molecule has 1 aromatic heterocycles. The molecule has 20 heavy (non-hydrogen) atoms. The fourth-order valence-corrected chi connectivity index (χ4v) is 2.12. The number of anilines is 3. The van der Waals surface area contributed by atoms with Crippen molar-refractivity contribution in [2.45, 2.75) is 13.3 Å². The van der Waals surface area contributed by atoms with Crippen LogP contribution in [0, 0.1) is 9.39 Å². The number of ether oxygens (including phenoxy) is 1. The van der Waals surface area contributed by atoms with Crippen LogP contribution < -0.4 is 15.8 Å². The van der Waals surface area contributed by atoms with E-state index in [9.17, 15) is 4.39 Å². The van der Waals surface area contributed by atoms with Gasteiger partial charge in [0.05, 0.1) is 12.3 Å². The van der Waals surface area contributed by atoms with Crippen molar-refractivity contribution in [1.29, 1.82) is 0 Å². The third kappa shape index (κ3) is 3.47. The zero-order valence-corrected chi connectivity index (χ0v) is 13.0. The maximum Gasteiger partial charge on any atom is 0.242 e. The van der Waals surface area contributed by atoms with E-state index in [0.29, 0.717) is 24.0 Å². The number of nitrogens with one attached hydrogen (secondary N) is 1. The van der Waals surface area contributed by atoms with Gasteiger partial charge in [-0.1, -0.05) is 6.92 Å². The van der Waals surface area contributed by atoms with Crippen molar-refractivity contribution in [2.75, 3.05) is 17.7 Å². The van der Waals surface area contributed by atoms with Crippen LogP contribution in [0.2, 0.25) is 0 Å². The molecule has 1 aromatic carbocycles. The minimum Gasteiger partial charge on any atom is -0.476 e. The summed E-state index contributed by atoms with van der Waals surface area (Å²) in [6, 6.07) is 4.43. The summed E-state index contributed by atoms with van der Waals surface area (Å²) in [4.78, 5) is 8.08. The molecule has 7 heteroatoms.